The van der Waals surface area contributed by atoms with Crippen LogP contribution in [-0.4, -0.2) is 12.1 Å². The first-order chi connectivity index (χ1) is 15.4. The zero-order chi connectivity index (χ0) is 22.7. The van der Waals surface area contributed by atoms with E-state index in [0.717, 1.165) is 34.8 Å². The SMILES string of the molecule is Cc1cccc(COc2ccc(/C=N\NC(=O)c3cc4cc(Br)cc(Br)c4o3)cc2I)c1. The Hall–Kier alpha value is -2.17. The molecular formula is C24H17Br2IN2O3. The van der Waals surface area contributed by atoms with E-state index in [0.29, 0.717) is 12.2 Å². The van der Waals surface area contributed by atoms with Gasteiger partial charge in [-0.25, -0.2) is 5.43 Å². The quantitative estimate of drug-likeness (QED) is 0.134. The van der Waals surface area contributed by atoms with Gasteiger partial charge in [-0.1, -0.05) is 45.8 Å². The first kappa shape index (κ1) is 23.0. The summed E-state index contributed by atoms with van der Waals surface area (Å²) in [5.41, 5.74) is 6.29. The van der Waals surface area contributed by atoms with E-state index in [4.69, 9.17) is 9.15 Å². The number of hydrogen-bond acceptors (Lipinski definition) is 4. The second-order valence-corrected chi connectivity index (χ2v) is 10.0. The van der Waals surface area contributed by atoms with Gasteiger partial charge in [0.15, 0.2) is 5.76 Å². The second kappa shape index (κ2) is 10.2. The van der Waals surface area contributed by atoms with E-state index in [1.54, 1.807) is 12.3 Å². The second-order valence-electron chi connectivity index (χ2n) is 7.08. The summed E-state index contributed by atoms with van der Waals surface area (Å²) in [6.07, 6.45) is 1.58. The van der Waals surface area contributed by atoms with Gasteiger partial charge in [-0.3, -0.25) is 4.79 Å². The lowest BCUT2D eigenvalue weighted by Gasteiger charge is -2.09. The number of hydrogen-bond donors (Lipinski definition) is 1. The van der Waals surface area contributed by atoms with Gasteiger partial charge in [-0.05, 0) is 93.0 Å². The lowest BCUT2D eigenvalue weighted by atomic mass is 10.1. The lowest BCUT2D eigenvalue weighted by molar-refractivity contribution is 0.0929. The van der Waals surface area contributed by atoms with Crippen LogP contribution in [-0.2, 0) is 6.61 Å². The van der Waals surface area contributed by atoms with E-state index in [1.165, 1.54) is 5.56 Å². The molecule has 4 aromatic rings. The van der Waals surface area contributed by atoms with Gasteiger partial charge in [-0.2, -0.15) is 5.10 Å². The molecule has 0 aliphatic carbocycles. The number of furan rings is 1. The Morgan fingerprint density at radius 3 is 2.78 bits per heavy atom. The maximum atomic E-state index is 12.4. The first-order valence-corrected chi connectivity index (χ1v) is 12.3. The first-order valence-electron chi connectivity index (χ1n) is 9.59. The number of amides is 1. The van der Waals surface area contributed by atoms with Crippen molar-refractivity contribution >= 4 is 77.5 Å². The summed E-state index contributed by atoms with van der Waals surface area (Å²) < 4.78 is 14.2. The van der Waals surface area contributed by atoms with Crippen molar-refractivity contribution in [2.24, 2.45) is 5.10 Å². The molecule has 0 saturated heterocycles. The number of halogens is 3. The van der Waals surface area contributed by atoms with Gasteiger partial charge in [0, 0.05) is 9.86 Å². The maximum Gasteiger partial charge on any atom is 0.307 e. The van der Waals surface area contributed by atoms with E-state index in [-0.39, 0.29) is 5.76 Å². The van der Waals surface area contributed by atoms with E-state index in [2.05, 4.69) is 84.0 Å². The Labute approximate surface area is 215 Å². The highest BCUT2D eigenvalue weighted by Crippen LogP contribution is 2.31. The van der Waals surface area contributed by atoms with Gasteiger partial charge in [0.2, 0.25) is 0 Å². The largest absolute Gasteiger partial charge is 0.488 e. The highest BCUT2D eigenvalue weighted by molar-refractivity contribution is 14.1. The average molecular weight is 668 g/mol. The van der Waals surface area contributed by atoms with Crippen LogP contribution in [0.3, 0.4) is 0 Å². The molecule has 0 bridgehead atoms. The zero-order valence-electron chi connectivity index (χ0n) is 16.9. The lowest BCUT2D eigenvalue weighted by Crippen LogP contribution is -2.16. The van der Waals surface area contributed by atoms with Crippen molar-refractivity contribution in [2.75, 3.05) is 0 Å². The summed E-state index contributed by atoms with van der Waals surface area (Å²) >= 11 is 9.09. The molecule has 1 heterocycles. The number of nitrogens with zero attached hydrogens (tertiary/aromatic N) is 1. The molecule has 1 amide bonds. The summed E-state index contributed by atoms with van der Waals surface area (Å²) in [5, 5.41) is 4.87. The Bertz CT molecular complexity index is 1330. The van der Waals surface area contributed by atoms with Crippen molar-refractivity contribution in [3.63, 3.8) is 0 Å². The molecule has 0 spiro atoms. The Morgan fingerprint density at radius 2 is 2.00 bits per heavy atom. The summed E-state index contributed by atoms with van der Waals surface area (Å²) in [4.78, 5) is 12.4. The van der Waals surface area contributed by atoms with Gasteiger partial charge >= 0.3 is 5.91 Å². The molecule has 32 heavy (non-hydrogen) atoms. The molecule has 8 heteroatoms. The molecule has 3 aromatic carbocycles. The number of hydrazone groups is 1. The molecule has 0 fully saturated rings. The van der Waals surface area contributed by atoms with Crippen LogP contribution in [0.2, 0.25) is 0 Å². The van der Waals surface area contributed by atoms with Gasteiger partial charge in [0.1, 0.15) is 17.9 Å². The van der Waals surface area contributed by atoms with E-state index >= 15 is 0 Å². The third-order valence-corrected chi connectivity index (χ3v) is 6.46. The van der Waals surface area contributed by atoms with Crippen molar-refractivity contribution in [1.29, 1.82) is 0 Å². The molecule has 0 saturated carbocycles. The predicted octanol–water partition coefficient (Wildman–Crippen LogP) is 7.21. The van der Waals surface area contributed by atoms with Gasteiger partial charge < -0.3 is 9.15 Å². The van der Waals surface area contributed by atoms with Crippen LogP contribution in [0.5, 0.6) is 5.75 Å². The van der Waals surface area contributed by atoms with Crippen LogP contribution in [0.1, 0.15) is 27.2 Å². The smallest absolute Gasteiger partial charge is 0.307 e. The summed E-state index contributed by atoms with van der Waals surface area (Å²) in [7, 11) is 0. The average Bonchev–Trinajstić information content (AvgIpc) is 3.18. The van der Waals surface area contributed by atoms with E-state index < -0.39 is 5.91 Å². The van der Waals surface area contributed by atoms with E-state index in [1.807, 2.05) is 42.5 Å². The molecule has 5 nitrogen and oxygen atoms in total. The minimum atomic E-state index is -0.423. The molecule has 0 aliphatic rings. The zero-order valence-corrected chi connectivity index (χ0v) is 22.2. The number of aryl methyl sites for hydroxylation is 1. The number of benzene rings is 3. The number of carbonyl (C=O) groups is 1. The van der Waals surface area contributed by atoms with Crippen molar-refractivity contribution in [3.05, 3.63) is 95.6 Å². The maximum absolute atomic E-state index is 12.4. The minimum absolute atomic E-state index is 0.186. The summed E-state index contributed by atoms with van der Waals surface area (Å²) in [6, 6.07) is 19.4. The number of nitrogens with one attached hydrogen (secondary N) is 1. The standard InChI is InChI=1S/C24H17Br2IN2O3/c1-14-3-2-4-16(7-14)13-31-21-6-5-15(8-20(21)27)12-28-29-24(30)22-10-17-9-18(25)11-19(26)23(17)32-22/h2-12H,13H2,1H3,(H,29,30)/b28-12-. The third kappa shape index (κ3) is 5.60. The number of ether oxygens (including phenoxy) is 1. The van der Waals surface area contributed by atoms with Gasteiger partial charge in [-0.15, -0.1) is 0 Å². The molecule has 0 atom stereocenters. The number of fused-ring (bicyclic) bond motifs is 1. The van der Waals surface area contributed by atoms with Crippen molar-refractivity contribution in [1.82, 2.24) is 5.43 Å². The Kier molecular flexibility index (Phi) is 7.32. The topological polar surface area (TPSA) is 63.8 Å². The predicted molar refractivity (Wildman–Crippen MR) is 141 cm³/mol. The molecule has 1 N–H and O–H groups in total. The fourth-order valence-corrected chi connectivity index (χ4v) is 5.12. The van der Waals surface area contributed by atoms with Crippen LogP contribution < -0.4 is 10.2 Å². The summed E-state index contributed by atoms with van der Waals surface area (Å²) in [5.74, 6) is 0.561. The molecule has 0 aliphatic heterocycles. The molecule has 162 valence electrons. The molecular weight excluding hydrogens is 651 g/mol. The van der Waals surface area contributed by atoms with Crippen LogP contribution in [0.15, 0.2) is 79.1 Å². The Morgan fingerprint density at radius 1 is 1.16 bits per heavy atom. The fraction of sp³-hybridized carbons (Fsp3) is 0.0833. The third-order valence-electron chi connectivity index (χ3n) is 4.57. The van der Waals surface area contributed by atoms with Crippen LogP contribution in [0.25, 0.3) is 11.0 Å². The molecule has 4 rings (SSSR count). The highest BCUT2D eigenvalue weighted by atomic mass is 127. The normalized spacial score (nSPS) is 11.2. The van der Waals surface area contributed by atoms with Crippen molar-refractivity contribution in [2.45, 2.75) is 13.5 Å². The monoisotopic (exact) mass is 666 g/mol. The molecule has 0 radical (unpaired) electrons. The van der Waals surface area contributed by atoms with E-state index in [9.17, 15) is 4.79 Å². The van der Waals surface area contributed by atoms with Crippen LogP contribution >= 0.6 is 54.5 Å². The fourth-order valence-electron chi connectivity index (χ4n) is 3.09. The summed E-state index contributed by atoms with van der Waals surface area (Å²) in [6.45, 7) is 2.57. The highest BCUT2D eigenvalue weighted by Gasteiger charge is 2.14. The minimum Gasteiger partial charge on any atom is -0.488 e. The number of rotatable bonds is 6. The molecule has 0 unspecified atom stereocenters. The van der Waals surface area contributed by atoms with Crippen LogP contribution in [0.4, 0.5) is 0 Å². The van der Waals surface area contributed by atoms with Crippen molar-refractivity contribution in [3.8, 4) is 5.75 Å². The Balaban J connectivity index is 1.38. The van der Waals surface area contributed by atoms with Crippen molar-refractivity contribution < 1.29 is 13.9 Å². The van der Waals surface area contributed by atoms with Gasteiger partial charge in [0.25, 0.3) is 0 Å². The molecule has 1 aromatic heterocycles. The number of carbonyl (C=O) groups excluding carboxylic acids is 1. The van der Waals surface area contributed by atoms with Gasteiger partial charge in [0.05, 0.1) is 14.3 Å². The van der Waals surface area contributed by atoms with Crippen LogP contribution in [0, 0.1) is 10.5 Å².